The number of carbonyl (C=O) groups is 2. The number of aromatic hydroxyl groups is 1. The summed E-state index contributed by atoms with van der Waals surface area (Å²) < 4.78 is 10.5. The third-order valence-corrected chi connectivity index (χ3v) is 3.51. The summed E-state index contributed by atoms with van der Waals surface area (Å²) in [6.07, 6.45) is -0.110. The highest BCUT2D eigenvalue weighted by Crippen LogP contribution is 2.22. The number of esters is 1. The molecule has 0 saturated carbocycles. The molecule has 0 radical (unpaired) electrons. The number of ether oxygens (including phenoxy) is 2. The van der Waals surface area contributed by atoms with E-state index in [1.807, 2.05) is 13.8 Å². The van der Waals surface area contributed by atoms with Crippen LogP contribution < -0.4 is 0 Å². The fourth-order valence-corrected chi connectivity index (χ4v) is 2.52. The number of morpholine rings is 1. The number of phenols is 1. The Labute approximate surface area is 133 Å². The van der Waals surface area contributed by atoms with E-state index in [1.54, 1.807) is 4.90 Å². The van der Waals surface area contributed by atoms with Crippen molar-refractivity contribution >= 4 is 23.5 Å². The summed E-state index contributed by atoms with van der Waals surface area (Å²) in [7, 11) is 0. The van der Waals surface area contributed by atoms with Gasteiger partial charge in [0.05, 0.1) is 12.2 Å². The largest absolute Gasteiger partial charge is 0.507 e. The smallest absolute Gasteiger partial charge is 0.342 e. The number of hydrogen-bond acceptors (Lipinski definition) is 5. The second-order valence-electron chi connectivity index (χ2n) is 5.29. The third kappa shape index (κ3) is 4.11. The van der Waals surface area contributed by atoms with Gasteiger partial charge >= 0.3 is 5.97 Å². The summed E-state index contributed by atoms with van der Waals surface area (Å²) in [5, 5.41) is 9.92. The van der Waals surface area contributed by atoms with Gasteiger partial charge in [-0.25, -0.2) is 4.79 Å². The molecule has 22 heavy (non-hydrogen) atoms. The molecule has 1 N–H and O–H groups in total. The van der Waals surface area contributed by atoms with E-state index >= 15 is 0 Å². The zero-order valence-electron chi connectivity index (χ0n) is 12.4. The first-order valence-electron chi connectivity index (χ1n) is 6.95. The van der Waals surface area contributed by atoms with Crippen molar-refractivity contribution in [1.29, 1.82) is 0 Å². The van der Waals surface area contributed by atoms with Gasteiger partial charge in [0.25, 0.3) is 5.91 Å². The minimum atomic E-state index is -0.789. The molecule has 1 aliphatic rings. The van der Waals surface area contributed by atoms with Gasteiger partial charge in [-0.05, 0) is 32.0 Å². The molecule has 1 fully saturated rings. The molecule has 1 aromatic rings. The summed E-state index contributed by atoms with van der Waals surface area (Å²) in [5.41, 5.74) is -0.0657. The van der Waals surface area contributed by atoms with Crippen LogP contribution in [0.3, 0.4) is 0 Å². The Kier molecular flexibility index (Phi) is 5.26. The van der Waals surface area contributed by atoms with Crippen LogP contribution in [-0.2, 0) is 14.3 Å². The lowest BCUT2D eigenvalue weighted by Gasteiger charge is -2.35. The van der Waals surface area contributed by atoms with Crippen LogP contribution in [0.4, 0.5) is 0 Å². The van der Waals surface area contributed by atoms with Crippen LogP contribution in [-0.4, -0.2) is 53.8 Å². The highest BCUT2D eigenvalue weighted by molar-refractivity contribution is 6.31. The lowest BCUT2D eigenvalue weighted by Crippen LogP contribution is -2.49. The van der Waals surface area contributed by atoms with Crippen molar-refractivity contribution in [2.45, 2.75) is 26.1 Å². The Morgan fingerprint density at radius 1 is 1.36 bits per heavy atom. The first-order valence-corrected chi connectivity index (χ1v) is 7.33. The van der Waals surface area contributed by atoms with Crippen molar-refractivity contribution < 1.29 is 24.2 Å². The van der Waals surface area contributed by atoms with E-state index in [0.717, 1.165) is 0 Å². The Hall–Kier alpha value is -1.79. The number of phenolic OH excluding ortho intramolecular Hbond substituents is 1. The number of amides is 1. The Morgan fingerprint density at radius 2 is 2.00 bits per heavy atom. The first-order chi connectivity index (χ1) is 10.4. The lowest BCUT2D eigenvalue weighted by atomic mass is 10.2. The molecule has 7 heteroatoms. The number of halogens is 1. The maximum atomic E-state index is 12.1. The number of hydrogen-bond donors (Lipinski definition) is 1. The maximum absolute atomic E-state index is 12.1. The molecule has 1 saturated heterocycles. The quantitative estimate of drug-likeness (QED) is 0.857. The first kappa shape index (κ1) is 16.6. The second-order valence-corrected chi connectivity index (χ2v) is 5.73. The van der Waals surface area contributed by atoms with Crippen molar-refractivity contribution in [2.24, 2.45) is 0 Å². The van der Waals surface area contributed by atoms with Gasteiger partial charge in [0, 0.05) is 18.1 Å². The van der Waals surface area contributed by atoms with Crippen LogP contribution in [0.25, 0.3) is 0 Å². The van der Waals surface area contributed by atoms with Gasteiger partial charge < -0.3 is 19.5 Å². The third-order valence-electron chi connectivity index (χ3n) is 3.28. The number of rotatable bonds is 3. The van der Waals surface area contributed by atoms with Crippen LogP contribution in [0, 0.1) is 0 Å². The van der Waals surface area contributed by atoms with Gasteiger partial charge in [-0.1, -0.05) is 11.6 Å². The van der Waals surface area contributed by atoms with Crippen LogP contribution in [0.2, 0.25) is 5.02 Å². The molecule has 2 rings (SSSR count). The minimum absolute atomic E-state index is 0.0552. The van der Waals surface area contributed by atoms with Crippen molar-refractivity contribution in [1.82, 2.24) is 4.90 Å². The van der Waals surface area contributed by atoms with Crippen molar-refractivity contribution in [3.63, 3.8) is 0 Å². The van der Waals surface area contributed by atoms with Gasteiger partial charge in [0.2, 0.25) is 0 Å². The SMILES string of the molecule is C[C@@H]1CN(C(=O)COC(=O)c2cc(Cl)ccc2O)C[C@H](C)O1. The predicted molar refractivity (Wildman–Crippen MR) is 80.0 cm³/mol. The normalized spacial score (nSPS) is 21.5. The van der Waals surface area contributed by atoms with Crippen molar-refractivity contribution in [2.75, 3.05) is 19.7 Å². The fourth-order valence-electron chi connectivity index (χ4n) is 2.35. The van der Waals surface area contributed by atoms with E-state index in [9.17, 15) is 14.7 Å². The summed E-state index contributed by atoms with van der Waals surface area (Å²) in [6.45, 7) is 4.30. The summed E-state index contributed by atoms with van der Waals surface area (Å²) in [4.78, 5) is 25.6. The molecule has 6 nitrogen and oxygen atoms in total. The molecule has 1 aromatic carbocycles. The van der Waals surface area contributed by atoms with Crippen molar-refractivity contribution in [3.05, 3.63) is 28.8 Å². The second kappa shape index (κ2) is 6.98. The molecule has 0 unspecified atom stereocenters. The summed E-state index contributed by atoms with van der Waals surface area (Å²) in [6, 6.07) is 4.05. The lowest BCUT2D eigenvalue weighted by molar-refractivity contribution is -0.146. The topological polar surface area (TPSA) is 76.1 Å². The van der Waals surface area contributed by atoms with E-state index in [4.69, 9.17) is 21.1 Å². The highest BCUT2D eigenvalue weighted by atomic mass is 35.5. The molecule has 1 aliphatic heterocycles. The fraction of sp³-hybridized carbons (Fsp3) is 0.467. The van der Waals surface area contributed by atoms with E-state index in [1.165, 1.54) is 18.2 Å². The molecule has 0 bridgehead atoms. The Bertz CT molecular complexity index is 567. The zero-order chi connectivity index (χ0) is 16.3. The van der Waals surface area contributed by atoms with Crippen LogP contribution in [0.15, 0.2) is 18.2 Å². The van der Waals surface area contributed by atoms with Crippen LogP contribution in [0.1, 0.15) is 24.2 Å². The van der Waals surface area contributed by atoms with E-state index in [0.29, 0.717) is 18.1 Å². The van der Waals surface area contributed by atoms with E-state index < -0.39 is 5.97 Å². The molecular formula is C15H18ClNO5. The molecular weight excluding hydrogens is 310 g/mol. The average Bonchev–Trinajstić information content (AvgIpc) is 2.45. The maximum Gasteiger partial charge on any atom is 0.342 e. The summed E-state index contributed by atoms with van der Waals surface area (Å²) >= 11 is 5.77. The molecule has 120 valence electrons. The number of carbonyl (C=O) groups excluding carboxylic acids is 2. The minimum Gasteiger partial charge on any atom is -0.507 e. The van der Waals surface area contributed by atoms with Crippen LogP contribution >= 0.6 is 11.6 Å². The van der Waals surface area contributed by atoms with Crippen LogP contribution in [0.5, 0.6) is 5.75 Å². The molecule has 2 atom stereocenters. The summed E-state index contributed by atoms with van der Waals surface area (Å²) in [5.74, 6) is -1.32. The zero-order valence-corrected chi connectivity index (χ0v) is 13.2. The molecule has 0 spiro atoms. The number of benzene rings is 1. The molecule has 0 aliphatic carbocycles. The number of nitrogens with zero attached hydrogens (tertiary/aromatic N) is 1. The van der Waals surface area contributed by atoms with Crippen molar-refractivity contribution in [3.8, 4) is 5.75 Å². The average molecular weight is 328 g/mol. The van der Waals surface area contributed by atoms with E-state index in [-0.39, 0.29) is 36.0 Å². The molecule has 1 amide bonds. The predicted octanol–water partition coefficient (Wildman–Crippen LogP) is 1.84. The van der Waals surface area contributed by atoms with Gasteiger partial charge in [-0.15, -0.1) is 0 Å². The van der Waals surface area contributed by atoms with E-state index in [2.05, 4.69) is 0 Å². The van der Waals surface area contributed by atoms with Gasteiger partial charge in [-0.3, -0.25) is 4.79 Å². The van der Waals surface area contributed by atoms with Gasteiger partial charge in [-0.2, -0.15) is 0 Å². The molecule has 0 aromatic heterocycles. The van der Waals surface area contributed by atoms with Gasteiger partial charge in [0.15, 0.2) is 6.61 Å². The Morgan fingerprint density at radius 3 is 2.64 bits per heavy atom. The van der Waals surface area contributed by atoms with Gasteiger partial charge in [0.1, 0.15) is 11.3 Å². The standard InChI is InChI=1S/C15H18ClNO5/c1-9-6-17(7-10(2)22-9)14(19)8-21-15(20)12-5-11(16)3-4-13(12)18/h3-5,9-10,18H,6-8H2,1-2H3/t9-,10+. The highest BCUT2D eigenvalue weighted by Gasteiger charge is 2.26. The Balaban J connectivity index is 1.93. The molecule has 1 heterocycles. The monoisotopic (exact) mass is 327 g/mol.